The fourth-order valence-corrected chi connectivity index (χ4v) is 4.03. The number of anilines is 1. The Hall–Kier alpha value is -0.250. The summed E-state index contributed by atoms with van der Waals surface area (Å²) in [6.45, 7) is 7.51. The van der Waals surface area contributed by atoms with Crippen molar-refractivity contribution in [3.63, 3.8) is 0 Å². The Labute approximate surface area is 121 Å². The van der Waals surface area contributed by atoms with E-state index in [0.29, 0.717) is 0 Å². The molecule has 1 fully saturated rings. The molecule has 1 N–H and O–H groups in total. The van der Waals surface area contributed by atoms with Crippen LogP contribution < -0.4 is 5.32 Å². The molecule has 2 atom stereocenters. The quantitative estimate of drug-likeness (QED) is 0.763. The number of hydrogen-bond acceptors (Lipinski definition) is 2. The third-order valence-corrected chi connectivity index (χ3v) is 5.47. The third kappa shape index (κ3) is 1.64. The van der Waals surface area contributed by atoms with E-state index >= 15 is 0 Å². The smallest absolute Gasteiger partial charge is 0.0894 e. The first kappa shape index (κ1) is 12.8. The second-order valence-corrected chi connectivity index (χ2v) is 7.34. The summed E-state index contributed by atoms with van der Waals surface area (Å²) in [5, 5.41) is 4.32. The normalized spacial score (nSPS) is 32.6. The first-order chi connectivity index (χ1) is 8.34. The van der Waals surface area contributed by atoms with E-state index < -0.39 is 0 Å². The third-order valence-electron chi connectivity index (χ3n) is 4.27. The summed E-state index contributed by atoms with van der Waals surface area (Å²) in [4.78, 5) is 0. The molecule has 1 saturated heterocycles. The van der Waals surface area contributed by atoms with E-state index in [0.717, 1.165) is 28.2 Å². The highest BCUT2D eigenvalue weighted by molar-refractivity contribution is 9.10. The van der Waals surface area contributed by atoms with Gasteiger partial charge in [0.05, 0.1) is 16.7 Å². The van der Waals surface area contributed by atoms with Crippen LogP contribution in [-0.4, -0.2) is 18.2 Å². The molecule has 2 nitrogen and oxygen atoms in total. The summed E-state index contributed by atoms with van der Waals surface area (Å²) >= 11 is 9.73. The van der Waals surface area contributed by atoms with Gasteiger partial charge in [-0.15, -0.1) is 0 Å². The molecule has 0 aliphatic carbocycles. The number of fused-ring (bicyclic) bond motifs is 3. The molecule has 98 valence electrons. The molecular formula is C14H17BrClNO. The van der Waals surface area contributed by atoms with Gasteiger partial charge in [-0.1, -0.05) is 18.5 Å². The zero-order valence-electron chi connectivity index (χ0n) is 10.8. The molecule has 1 aromatic rings. The van der Waals surface area contributed by atoms with E-state index in [-0.39, 0.29) is 17.1 Å². The summed E-state index contributed by atoms with van der Waals surface area (Å²) in [5.74, 6) is 0. The van der Waals surface area contributed by atoms with Crippen LogP contribution in [0.1, 0.15) is 32.8 Å². The highest BCUT2D eigenvalue weighted by Crippen LogP contribution is 2.51. The van der Waals surface area contributed by atoms with Crippen LogP contribution in [-0.2, 0) is 10.2 Å². The Kier molecular flexibility index (Phi) is 2.75. The summed E-state index contributed by atoms with van der Waals surface area (Å²) < 4.78 is 6.95. The molecule has 0 radical (unpaired) electrons. The van der Waals surface area contributed by atoms with E-state index in [1.54, 1.807) is 0 Å². The SMILES string of the molecule is CC1(C)Nc2cc(Cl)c(Br)cc2C2(C)CCOC12. The van der Waals surface area contributed by atoms with E-state index in [9.17, 15) is 0 Å². The summed E-state index contributed by atoms with van der Waals surface area (Å²) in [6.07, 6.45) is 1.26. The maximum atomic E-state index is 6.21. The van der Waals surface area contributed by atoms with Gasteiger partial charge in [0.25, 0.3) is 0 Å². The Morgan fingerprint density at radius 3 is 2.83 bits per heavy atom. The number of ether oxygens (including phenoxy) is 1. The summed E-state index contributed by atoms with van der Waals surface area (Å²) in [7, 11) is 0. The van der Waals surface area contributed by atoms with Gasteiger partial charge in [-0.3, -0.25) is 0 Å². The lowest BCUT2D eigenvalue weighted by atomic mass is 9.67. The molecule has 18 heavy (non-hydrogen) atoms. The molecule has 0 amide bonds. The molecule has 1 aromatic carbocycles. The van der Waals surface area contributed by atoms with Crippen LogP contribution in [0.25, 0.3) is 0 Å². The van der Waals surface area contributed by atoms with Crippen molar-refractivity contribution in [1.29, 1.82) is 0 Å². The van der Waals surface area contributed by atoms with Gasteiger partial charge in [-0.25, -0.2) is 0 Å². The summed E-state index contributed by atoms with van der Waals surface area (Å²) in [5.41, 5.74) is 2.44. The van der Waals surface area contributed by atoms with Crippen molar-refractivity contribution in [2.75, 3.05) is 11.9 Å². The first-order valence-corrected chi connectivity index (χ1v) is 7.41. The maximum absolute atomic E-state index is 6.21. The minimum Gasteiger partial charge on any atom is -0.377 e. The highest BCUT2D eigenvalue weighted by atomic mass is 79.9. The molecule has 2 unspecified atom stereocenters. The second kappa shape index (κ2) is 3.87. The maximum Gasteiger partial charge on any atom is 0.0894 e. The number of hydrogen-bond donors (Lipinski definition) is 1. The van der Waals surface area contributed by atoms with Crippen LogP contribution in [0.15, 0.2) is 16.6 Å². The second-order valence-electron chi connectivity index (χ2n) is 6.08. The van der Waals surface area contributed by atoms with E-state index in [1.807, 2.05) is 6.07 Å². The number of nitrogens with one attached hydrogen (secondary N) is 1. The predicted molar refractivity (Wildman–Crippen MR) is 78.6 cm³/mol. The lowest BCUT2D eigenvalue weighted by Gasteiger charge is -2.48. The molecule has 0 aromatic heterocycles. The van der Waals surface area contributed by atoms with E-state index in [4.69, 9.17) is 16.3 Å². The Bertz CT molecular complexity index is 517. The zero-order valence-corrected chi connectivity index (χ0v) is 13.2. The van der Waals surface area contributed by atoms with Gasteiger partial charge in [-0.2, -0.15) is 0 Å². The Balaban J connectivity index is 2.23. The number of benzene rings is 1. The average molecular weight is 331 g/mol. The number of rotatable bonds is 0. The monoisotopic (exact) mass is 329 g/mol. The van der Waals surface area contributed by atoms with Crippen LogP contribution in [0, 0.1) is 0 Å². The predicted octanol–water partition coefficient (Wildman–Crippen LogP) is 4.35. The summed E-state index contributed by atoms with van der Waals surface area (Å²) in [6, 6.07) is 4.16. The molecule has 3 rings (SSSR count). The van der Waals surface area contributed by atoms with Gasteiger partial charge in [-0.05, 0) is 53.9 Å². The Morgan fingerprint density at radius 2 is 2.11 bits per heavy atom. The largest absolute Gasteiger partial charge is 0.377 e. The van der Waals surface area contributed by atoms with Crippen LogP contribution in [0.2, 0.25) is 5.02 Å². The molecule has 2 aliphatic rings. The molecule has 2 aliphatic heterocycles. The topological polar surface area (TPSA) is 21.3 Å². The Morgan fingerprint density at radius 1 is 1.39 bits per heavy atom. The molecule has 4 heteroatoms. The van der Waals surface area contributed by atoms with Gasteiger partial charge < -0.3 is 10.1 Å². The van der Waals surface area contributed by atoms with E-state index in [1.165, 1.54) is 5.56 Å². The van der Waals surface area contributed by atoms with Gasteiger partial charge >= 0.3 is 0 Å². The van der Waals surface area contributed by atoms with Crippen LogP contribution >= 0.6 is 27.5 Å². The van der Waals surface area contributed by atoms with Crippen molar-refractivity contribution < 1.29 is 4.74 Å². The fourth-order valence-electron chi connectivity index (χ4n) is 3.52. The molecular weight excluding hydrogens is 314 g/mol. The lowest BCUT2D eigenvalue weighted by molar-refractivity contribution is 0.0352. The minimum atomic E-state index is -0.0740. The van der Waals surface area contributed by atoms with Crippen molar-refractivity contribution in [3.8, 4) is 0 Å². The van der Waals surface area contributed by atoms with Crippen molar-refractivity contribution >= 4 is 33.2 Å². The molecule has 0 spiro atoms. The number of halogens is 2. The first-order valence-electron chi connectivity index (χ1n) is 6.24. The minimum absolute atomic E-state index is 0.0667. The average Bonchev–Trinajstić information content (AvgIpc) is 2.66. The van der Waals surface area contributed by atoms with Gasteiger partial charge in [0.15, 0.2) is 0 Å². The van der Waals surface area contributed by atoms with Crippen LogP contribution in [0.3, 0.4) is 0 Å². The van der Waals surface area contributed by atoms with Gasteiger partial charge in [0, 0.05) is 22.2 Å². The molecule has 2 heterocycles. The lowest BCUT2D eigenvalue weighted by Crippen LogP contribution is -2.56. The molecule has 0 bridgehead atoms. The fraction of sp³-hybridized carbons (Fsp3) is 0.571. The van der Waals surface area contributed by atoms with Crippen molar-refractivity contribution in [2.24, 2.45) is 0 Å². The van der Waals surface area contributed by atoms with Gasteiger partial charge in [0.1, 0.15) is 0 Å². The van der Waals surface area contributed by atoms with Crippen LogP contribution in [0.5, 0.6) is 0 Å². The van der Waals surface area contributed by atoms with Crippen molar-refractivity contribution in [2.45, 2.75) is 44.2 Å². The highest BCUT2D eigenvalue weighted by Gasteiger charge is 2.53. The van der Waals surface area contributed by atoms with Crippen molar-refractivity contribution in [3.05, 3.63) is 27.2 Å². The van der Waals surface area contributed by atoms with Crippen molar-refractivity contribution in [1.82, 2.24) is 0 Å². The molecule has 0 saturated carbocycles. The van der Waals surface area contributed by atoms with Gasteiger partial charge in [0.2, 0.25) is 0 Å². The zero-order chi connectivity index (χ0) is 13.1. The van der Waals surface area contributed by atoms with E-state index in [2.05, 4.69) is 48.1 Å². The van der Waals surface area contributed by atoms with Crippen LogP contribution in [0.4, 0.5) is 5.69 Å². The standard InChI is InChI=1S/C14H17BrClNO/c1-13(2)12-14(3,4-5-18-12)8-6-9(15)10(16)7-11(8)17-13/h6-7,12,17H,4-5H2,1-3H3.